The lowest BCUT2D eigenvalue weighted by atomic mass is 10.1. The Morgan fingerprint density at radius 3 is 2.71 bits per heavy atom. The van der Waals surface area contributed by atoms with Gasteiger partial charge in [0.2, 0.25) is 0 Å². The van der Waals surface area contributed by atoms with Crippen LogP contribution in [0.15, 0.2) is 18.3 Å². The van der Waals surface area contributed by atoms with Crippen LogP contribution in [0.5, 0.6) is 0 Å². The molecule has 2 atom stereocenters. The summed E-state index contributed by atoms with van der Waals surface area (Å²) in [5, 5.41) is 0. The molecule has 0 spiro atoms. The Labute approximate surface area is 103 Å². The van der Waals surface area contributed by atoms with Crippen molar-refractivity contribution in [3.05, 3.63) is 24.0 Å². The molecule has 1 aliphatic rings. The van der Waals surface area contributed by atoms with Crippen LogP contribution in [0.1, 0.15) is 25.6 Å². The molecule has 17 heavy (non-hydrogen) atoms. The van der Waals surface area contributed by atoms with Gasteiger partial charge in [-0.05, 0) is 33.0 Å². The lowest BCUT2D eigenvalue weighted by Crippen LogP contribution is -2.50. The second-order valence-electron chi connectivity index (χ2n) is 5.01. The lowest BCUT2D eigenvalue weighted by Gasteiger charge is -2.38. The summed E-state index contributed by atoms with van der Waals surface area (Å²) in [6.07, 6.45) is 1.94. The van der Waals surface area contributed by atoms with Crippen molar-refractivity contribution in [2.45, 2.75) is 25.9 Å². The number of aromatic nitrogens is 1. The normalized spacial score (nSPS) is 23.8. The summed E-state index contributed by atoms with van der Waals surface area (Å²) in [7, 11) is 2.18. The first kappa shape index (κ1) is 12.3. The Bertz CT molecular complexity index is 360. The summed E-state index contributed by atoms with van der Waals surface area (Å²) >= 11 is 0. The molecule has 1 fully saturated rings. The van der Waals surface area contributed by atoms with E-state index >= 15 is 0 Å². The third-order valence-corrected chi connectivity index (χ3v) is 3.56. The van der Waals surface area contributed by atoms with Crippen molar-refractivity contribution >= 4 is 5.69 Å². The molecular formula is C13H22N4. The van der Waals surface area contributed by atoms with Crippen LogP contribution in [0.3, 0.4) is 0 Å². The Morgan fingerprint density at radius 2 is 2.18 bits per heavy atom. The smallest absolute Gasteiger partial charge is 0.0569 e. The Kier molecular flexibility index (Phi) is 3.64. The van der Waals surface area contributed by atoms with Crippen molar-refractivity contribution < 1.29 is 0 Å². The molecule has 0 amide bonds. The van der Waals surface area contributed by atoms with Crippen molar-refractivity contribution in [3.63, 3.8) is 0 Å². The molecule has 94 valence electrons. The molecule has 0 aliphatic carbocycles. The summed E-state index contributed by atoms with van der Waals surface area (Å²) in [4.78, 5) is 9.20. The molecule has 0 saturated carbocycles. The molecule has 0 aromatic carbocycles. The molecule has 1 unspecified atom stereocenters. The summed E-state index contributed by atoms with van der Waals surface area (Å²) in [6, 6.07) is 4.76. The second kappa shape index (κ2) is 5.02. The molecule has 1 saturated heterocycles. The van der Waals surface area contributed by atoms with E-state index in [0.717, 1.165) is 25.3 Å². The first-order valence-electron chi connectivity index (χ1n) is 6.24. The highest BCUT2D eigenvalue weighted by Crippen LogP contribution is 2.18. The maximum Gasteiger partial charge on any atom is 0.0569 e. The minimum absolute atomic E-state index is 0.00969. The molecule has 4 heteroatoms. The van der Waals surface area contributed by atoms with E-state index in [1.807, 2.05) is 19.2 Å². The SMILES string of the molecule is CC1CN(c2ccc([C@@H](C)N)nc2)CCN1C. The number of nitrogens with two attached hydrogens (primary N) is 1. The van der Waals surface area contributed by atoms with Crippen LogP contribution in [0.25, 0.3) is 0 Å². The number of likely N-dealkylation sites (N-methyl/N-ethyl adjacent to an activating group) is 1. The summed E-state index contributed by atoms with van der Waals surface area (Å²) in [5.41, 5.74) is 7.96. The van der Waals surface area contributed by atoms with Crippen LogP contribution in [-0.2, 0) is 0 Å². The van der Waals surface area contributed by atoms with E-state index in [-0.39, 0.29) is 6.04 Å². The molecular weight excluding hydrogens is 212 g/mol. The zero-order valence-corrected chi connectivity index (χ0v) is 10.9. The van der Waals surface area contributed by atoms with E-state index in [1.54, 1.807) is 0 Å². The van der Waals surface area contributed by atoms with Crippen LogP contribution in [0.2, 0.25) is 0 Å². The molecule has 1 aromatic heterocycles. The van der Waals surface area contributed by atoms with Gasteiger partial charge in [0.05, 0.1) is 17.6 Å². The zero-order valence-electron chi connectivity index (χ0n) is 10.9. The number of rotatable bonds is 2. The average Bonchev–Trinajstić information content (AvgIpc) is 2.33. The van der Waals surface area contributed by atoms with Gasteiger partial charge in [-0.2, -0.15) is 0 Å². The van der Waals surface area contributed by atoms with Crippen LogP contribution in [-0.4, -0.2) is 42.6 Å². The Morgan fingerprint density at radius 1 is 1.41 bits per heavy atom. The number of nitrogens with zero attached hydrogens (tertiary/aromatic N) is 3. The maximum atomic E-state index is 5.80. The lowest BCUT2D eigenvalue weighted by molar-refractivity contribution is 0.234. The highest BCUT2D eigenvalue weighted by Gasteiger charge is 2.20. The maximum absolute atomic E-state index is 5.80. The van der Waals surface area contributed by atoms with Crippen LogP contribution >= 0.6 is 0 Å². The molecule has 2 heterocycles. The van der Waals surface area contributed by atoms with Crippen molar-refractivity contribution in [2.24, 2.45) is 5.73 Å². The van der Waals surface area contributed by atoms with Gasteiger partial charge in [0.1, 0.15) is 0 Å². The van der Waals surface area contributed by atoms with Gasteiger partial charge in [0.25, 0.3) is 0 Å². The molecule has 1 aliphatic heterocycles. The minimum atomic E-state index is 0.00969. The first-order chi connectivity index (χ1) is 8.08. The van der Waals surface area contributed by atoms with E-state index in [1.165, 1.54) is 5.69 Å². The highest BCUT2D eigenvalue weighted by molar-refractivity contribution is 5.45. The number of hydrogen-bond acceptors (Lipinski definition) is 4. The van der Waals surface area contributed by atoms with Gasteiger partial charge in [-0.3, -0.25) is 4.98 Å². The van der Waals surface area contributed by atoms with Crippen LogP contribution in [0.4, 0.5) is 5.69 Å². The summed E-state index contributed by atoms with van der Waals surface area (Å²) in [6.45, 7) is 7.46. The van der Waals surface area contributed by atoms with E-state index in [2.05, 4.69) is 34.8 Å². The summed E-state index contributed by atoms with van der Waals surface area (Å²) in [5.74, 6) is 0. The zero-order chi connectivity index (χ0) is 12.4. The molecule has 1 aromatic rings. The van der Waals surface area contributed by atoms with Crippen LogP contribution < -0.4 is 10.6 Å². The quantitative estimate of drug-likeness (QED) is 0.836. The standard InChI is InChI=1S/C13H22N4/c1-10-9-17(7-6-16(10)3)12-4-5-13(11(2)14)15-8-12/h4-5,8,10-11H,6-7,9,14H2,1-3H3/t10?,11-/m1/s1. The van der Waals surface area contributed by atoms with Crippen molar-refractivity contribution in [2.75, 3.05) is 31.6 Å². The molecule has 0 bridgehead atoms. The number of pyridine rings is 1. The Hall–Kier alpha value is -1.13. The molecule has 4 nitrogen and oxygen atoms in total. The van der Waals surface area contributed by atoms with Gasteiger partial charge in [-0.25, -0.2) is 0 Å². The average molecular weight is 234 g/mol. The number of piperazine rings is 1. The van der Waals surface area contributed by atoms with Gasteiger partial charge in [-0.1, -0.05) is 0 Å². The molecule has 2 N–H and O–H groups in total. The van der Waals surface area contributed by atoms with E-state index in [9.17, 15) is 0 Å². The fourth-order valence-corrected chi connectivity index (χ4v) is 2.14. The van der Waals surface area contributed by atoms with Crippen LogP contribution in [0, 0.1) is 0 Å². The van der Waals surface area contributed by atoms with Gasteiger partial charge >= 0.3 is 0 Å². The fraction of sp³-hybridized carbons (Fsp3) is 0.615. The van der Waals surface area contributed by atoms with Crippen molar-refractivity contribution in [3.8, 4) is 0 Å². The predicted octanol–water partition coefficient (Wildman–Crippen LogP) is 1.24. The van der Waals surface area contributed by atoms with E-state index < -0.39 is 0 Å². The second-order valence-corrected chi connectivity index (χ2v) is 5.01. The largest absolute Gasteiger partial charge is 0.367 e. The van der Waals surface area contributed by atoms with Gasteiger partial charge < -0.3 is 15.5 Å². The molecule has 2 rings (SSSR count). The first-order valence-corrected chi connectivity index (χ1v) is 6.24. The van der Waals surface area contributed by atoms with E-state index in [0.29, 0.717) is 6.04 Å². The Balaban J connectivity index is 2.07. The molecule has 0 radical (unpaired) electrons. The van der Waals surface area contributed by atoms with Gasteiger partial charge in [-0.15, -0.1) is 0 Å². The topological polar surface area (TPSA) is 45.4 Å². The fourth-order valence-electron chi connectivity index (χ4n) is 2.14. The summed E-state index contributed by atoms with van der Waals surface area (Å²) < 4.78 is 0. The van der Waals surface area contributed by atoms with Gasteiger partial charge in [0.15, 0.2) is 0 Å². The monoisotopic (exact) mass is 234 g/mol. The van der Waals surface area contributed by atoms with Gasteiger partial charge in [0, 0.05) is 31.7 Å². The van der Waals surface area contributed by atoms with Crippen molar-refractivity contribution in [1.29, 1.82) is 0 Å². The van der Waals surface area contributed by atoms with E-state index in [4.69, 9.17) is 5.73 Å². The minimum Gasteiger partial charge on any atom is -0.367 e. The third-order valence-electron chi connectivity index (χ3n) is 3.56. The number of hydrogen-bond donors (Lipinski definition) is 1. The predicted molar refractivity (Wildman–Crippen MR) is 71.1 cm³/mol. The third kappa shape index (κ3) is 2.76. The van der Waals surface area contributed by atoms with Crippen molar-refractivity contribution in [1.82, 2.24) is 9.88 Å². The number of anilines is 1. The highest BCUT2D eigenvalue weighted by atomic mass is 15.3.